The van der Waals surface area contributed by atoms with Gasteiger partial charge in [-0.1, -0.05) is 22.0 Å². The molecule has 108 valence electrons. The van der Waals surface area contributed by atoms with E-state index in [-0.39, 0.29) is 21.4 Å². The zero-order chi connectivity index (χ0) is 15.6. The summed E-state index contributed by atoms with van der Waals surface area (Å²) in [5, 5.41) is 13.3. The first-order valence-electron chi connectivity index (χ1n) is 5.59. The third kappa shape index (κ3) is 3.45. The molecule has 5 nitrogen and oxygen atoms in total. The van der Waals surface area contributed by atoms with Gasteiger partial charge in [-0.15, -0.1) is 0 Å². The van der Waals surface area contributed by atoms with E-state index in [0.717, 1.165) is 6.07 Å². The fourth-order valence-electron chi connectivity index (χ4n) is 1.66. The van der Waals surface area contributed by atoms with Gasteiger partial charge in [-0.3, -0.25) is 14.9 Å². The van der Waals surface area contributed by atoms with Crippen molar-refractivity contribution < 1.29 is 14.1 Å². The first kappa shape index (κ1) is 15.6. The summed E-state index contributed by atoms with van der Waals surface area (Å²) in [6, 6.07) is 8.25. The maximum Gasteiger partial charge on any atom is 0.293 e. The van der Waals surface area contributed by atoms with Gasteiger partial charge in [0.1, 0.15) is 11.5 Å². The van der Waals surface area contributed by atoms with Crippen LogP contribution in [0.4, 0.5) is 15.8 Å². The monoisotopic (exact) mass is 416 g/mol. The molecule has 0 atom stereocenters. The van der Waals surface area contributed by atoms with Crippen LogP contribution in [0.1, 0.15) is 10.4 Å². The number of halogens is 3. The molecular formula is C13H7Br2FN2O3. The van der Waals surface area contributed by atoms with E-state index >= 15 is 0 Å². The standard InChI is InChI=1S/C13H7Br2FN2O3/c14-7-4-5-10(11(6-7)18(20)21)17-13(19)12-8(15)2-1-3-9(12)16/h1-6H,(H,17,19). The zero-order valence-corrected chi connectivity index (χ0v) is 13.4. The molecular weight excluding hydrogens is 411 g/mol. The molecule has 0 spiro atoms. The molecule has 1 amide bonds. The van der Waals surface area contributed by atoms with Crippen molar-refractivity contribution >= 4 is 49.1 Å². The predicted molar refractivity (Wildman–Crippen MR) is 82.8 cm³/mol. The first-order valence-corrected chi connectivity index (χ1v) is 7.18. The Balaban J connectivity index is 2.39. The van der Waals surface area contributed by atoms with E-state index in [1.165, 1.54) is 24.3 Å². The SMILES string of the molecule is O=C(Nc1ccc(Br)cc1[N+](=O)[O-])c1c(F)cccc1Br. The quantitative estimate of drug-likeness (QED) is 0.589. The lowest BCUT2D eigenvalue weighted by Gasteiger charge is -2.08. The zero-order valence-electron chi connectivity index (χ0n) is 10.3. The average molecular weight is 418 g/mol. The number of anilines is 1. The van der Waals surface area contributed by atoms with E-state index in [1.54, 1.807) is 6.07 Å². The Bertz CT molecular complexity index is 717. The lowest BCUT2D eigenvalue weighted by atomic mass is 10.2. The Morgan fingerprint density at radius 3 is 2.57 bits per heavy atom. The van der Waals surface area contributed by atoms with Crippen LogP contribution in [-0.4, -0.2) is 10.8 Å². The van der Waals surface area contributed by atoms with Crippen LogP contribution in [0.25, 0.3) is 0 Å². The van der Waals surface area contributed by atoms with Gasteiger partial charge in [0, 0.05) is 15.0 Å². The fourth-order valence-corrected chi connectivity index (χ4v) is 2.53. The average Bonchev–Trinajstić information content (AvgIpc) is 2.40. The Kier molecular flexibility index (Phi) is 4.69. The minimum absolute atomic E-state index is 0.0108. The van der Waals surface area contributed by atoms with Gasteiger partial charge in [-0.05, 0) is 40.2 Å². The molecule has 2 rings (SSSR count). The Morgan fingerprint density at radius 1 is 1.24 bits per heavy atom. The molecule has 0 saturated carbocycles. The van der Waals surface area contributed by atoms with Crippen molar-refractivity contribution in [2.75, 3.05) is 5.32 Å². The summed E-state index contributed by atoms with van der Waals surface area (Å²) < 4.78 is 14.5. The van der Waals surface area contributed by atoms with Crippen LogP contribution in [0.5, 0.6) is 0 Å². The largest absolute Gasteiger partial charge is 0.316 e. The number of carbonyl (C=O) groups is 1. The highest BCUT2D eigenvalue weighted by Gasteiger charge is 2.20. The predicted octanol–water partition coefficient (Wildman–Crippen LogP) is 4.51. The van der Waals surface area contributed by atoms with Crippen molar-refractivity contribution in [1.29, 1.82) is 0 Å². The van der Waals surface area contributed by atoms with Crippen LogP contribution in [0.15, 0.2) is 45.3 Å². The van der Waals surface area contributed by atoms with Crippen LogP contribution in [-0.2, 0) is 0 Å². The topological polar surface area (TPSA) is 72.2 Å². The minimum Gasteiger partial charge on any atom is -0.316 e. The lowest BCUT2D eigenvalue weighted by Crippen LogP contribution is -2.15. The molecule has 0 fully saturated rings. The summed E-state index contributed by atoms with van der Waals surface area (Å²) in [5.74, 6) is -1.49. The number of benzene rings is 2. The van der Waals surface area contributed by atoms with Crippen molar-refractivity contribution in [3.8, 4) is 0 Å². The third-order valence-electron chi connectivity index (χ3n) is 2.59. The molecule has 0 bridgehead atoms. The summed E-state index contributed by atoms with van der Waals surface area (Å²) in [5.41, 5.74) is -0.511. The summed E-state index contributed by atoms with van der Waals surface area (Å²) >= 11 is 6.19. The van der Waals surface area contributed by atoms with Crippen LogP contribution in [0.2, 0.25) is 0 Å². The van der Waals surface area contributed by atoms with Crippen LogP contribution in [0, 0.1) is 15.9 Å². The van der Waals surface area contributed by atoms with Crippen molar-refractivity contribution in [2.45, 2.75) is 0 Å². The molecule has 0 unspecified atom stereocenters. The van der Waals surface area contributed by atoms with E-state index < -0.39 is 16.6 Å². The molecule has 0 aromatic heterocycles. The normalized spacial score (nSPS) is 10.2. The Morgan fingerprint density at radius 2 is 1.95 bits per heavy atom. The summed E-state index contributed by atoms with van der Waals surface area (Å²) in [6.45, 7) is 0. The van der Waals surface area contributed by atoms with Gasteiger partial charge in [0.2, 0.25) is 0 Å². The fraction of sp³-hybridized carbons (Fsp3) is 0. The molecule has 8 heteroatoms. The van der Waals surface area contributed by atoms with E-state index in [2.05, 4.69) is 37.2 Å². The number of nitrogens with one attached hydrogen (secondary N) is 1. The molecule has 0 radical (unpaired) electrons. The molecule has 0 aliphatic carbocycles. The minimum atomic E-state index is -0.773. The molecule has 21 heavy (non-hydrogen) atoms. The number of rotatable bonds is 3. The van der Waals surface area contributed by atoms with Crippen molar-refractivity contribution in [1.82, 2.24) is 0 Å². The summed E-state index contributed by atoms with van der Waals surface area (Å²) in [7, 11) is 0. The van der Waals surface area contributed by atoms with Crippen LogP contribution < -0.4 is 5.32 Å². The number of nitro benzene ring substituents is 1. The van der Waals surface area contributed by atoms with Crippen molar-refractivity contribution in [2.24, 2.45) is 0 Å². The highest BCUT2D eigenvalue weighted by atomic mass is 79.9. The van der Waals surface area contributed by atoms with Gasteiger partial charge in [-0.2, -0.15) is 0 Å². The van der Waals surface area contributed by atoms with E-state index in [1.807, 2.05) is 0 Å². The summed E-state index contributed by atoms with van der Waals surface area (Å²) in [4.78, 5) is 22.4. The number of nitro groups is 1. The van der Waals surface area contributed by atoms with Gasteiger partial charge in [-0.25, -0.2) is 4.39 Å². The van der Waals surface area contributed by atoms with E-state index in [0.29, 0.717) is 4.47 Å². The molecule has 0 heterocycles. The number of hydrogen-bond acceptors (Lipinski definition) is 3. The molecule has 0 saturated heterocycles. The maximum atomic E-state index is 13.7. The van der Waals surface area contributed by atoms with Crippen LogP contribution >= 0.6 is 31.9 Å². The Hall–Kier alpha value is -1.80. The molecule has 0 aliphatic rings. The number of amides is 1. The number of carbonyl (C=O) groups excluding carboxylic acids is 1. The first-order chi connectivity index (χ1) is 9.90. The second-order valence-corrected chi connectivity index (χ2v) is 5.74. The van der Waals surface area contributed by atoms with Crippen molar-refractivity contribution in [3.63, 3.8) is 0 Å². The van der Waals surface area contributed by atoms with E-state index in [4.69, 9.17) is 0 Å². The smallest absolute Gasteiger partial charge is 0.293 e. The highest BCUT2D eigenvalue weighted by Crippen LogP contribution is 2.29. The highest BCUT2D eigenvalue weighted by molar-refractivity contribution is 9.10. The lowest BCUT2D eigenvalue weighted by molar-refractivity contribution is -0.384. The van der Waals surface area contributed by atoms with Gasteiger partial charge >= 0.3 is 0 Å². The van der Waals surface area contributed by atoms with Gasteiger partial charge in [0.15, 0.2) is 0 Å². The van der Waals surface area contributed by atoms with Gasteiger partial charge in [0.25, 0.3) is 11.6 Å². The number of nitrogens with zero attached hydrogens (tertiary/aromatic N) is 1. The van der Waals surface area contributed by atoms with E-state index in [9.17, 15) is 19.3 Å². The molecule has 0 aliphatic heterocycles. The van der Waals surface area contributed by atoms with Gasteiger partial charge < -0.3 is 5.32 Å². The third-order valence-corrected chi connectivity index (χ3v) is 3.75. The molecule has 2 aromatic carbocycles. The second-order valence-electron chi connectivity index (χ2n) is 3.97. The Labute approximate surface area is 135 Å². The molecule has 1 N–H and O–H groups in total. The second kappa shape index (κ2) is 6.31. The summed E-state index contributed by atoms with van der Waals surface area (Å²) in [6.07, 6.45) is 0. The number of hydrogen-bond donors (Lipinski definition) is 1. The molecule has 2 aromatic rings. The maximum absolute atomic E-state index is 13.7. The van der Waals surface area contributed by atoms with Crippen molar-refractivity contribution in [3.05, 3.63) is 66.8 Å². The van der Waals surface area contributed by atoms with Crippen LogP contribution in [0.3, 0.4) is 0 Å². The van der Waals surface area contributed by atoms with Gasteiger partial charge in [0.05, 0.1) is 10.5 Å².